The van der Waals surface area contributed by atoms with E-state index in [0.717, 1.165) is 15.8 Å². The third-order valence-electron chi connectivity index (χ3n) is 3.14. The van der Waals surface area contributed by atoms with Crippen LogP contribution in [0.2, 0.25) is 0 Å². The van der Waals surface area contributed by atoms with Gasteiger partial charge in [0.05, 0.1) is 29.0 Å². The Kier molecular flexibility index (Phi) is 8.05. The molecule has 0 aliphatic rings. The molecule has 1 aromatic carbocycles. The van der Waals surface area contributed by atoms with Crippen molar-refractivity contribution in [2.45, 2.75) is 24.3 Å². The summed E-state index contributed by atoms with van der Waals surface area (Å²) in [5.74, 6) is -1.92. The minimum atomic E-state index is -0.837. The lowest BCUT2D eigenvalue weighted by molar-refractivity contribution is -0.152. The third-order valence-corrected chi connectivity index (χ3v) is 5.30. The number of azide groups is 1. The zero-order chi connectivity index (χ0) is 19.6. The van der Waals surface area contributed by atoms with E-state index in [2.05, 4.69) is 19.7 Å². The lowest BCUT2D eigenvalue weighted by Gasteiger charge is -2.03. The first-order valence-electron chi connectivity index (χ1n) is 7.92. The molecule has 0 fully saturated rings. The largest absolute Gasteiger partial charge is 0.461 e. The molecule has 0 spiro atoms. The molecule has 2 rings (SSSR count). The number of carbonyl (C=O) groups excluding carboxylic acids is 3. The second-order valence-corrected chi connectivity index (χ2v) is 7.33. The second-order valence-electron chi connectivity index (χ2n) is 5.08. The zero-order valence-electron chi connectivity index (χ0n) is 14.4. The molecule has 0 bridgehead atoms. The molecular formula is C16H16N4O5S2. The highest BCUT2D eigenvalue weighted by Crippen LogP contribution is 2.30. The van der Waals surface area contributed by atoms with E-state index in [-0.39, 0.29) is 31.9 Å². The summed E-state index contributed by atoms with van der Waals surface area (Å²) in [6.07, 6.45) is 0.0299. The fourth-order valence-corrected chi connectivity index (χ4v) is 3.90. The molecule has 0 aliphatic heterocycles. The van der Waals surface area contributed by atoms with E-state index in [1.165, 1.54) is 23.1 Å². The van der Waals surface area contributed by atoms with Crippen LogP contribution in [0, 0.1) is 0 Å². The van der Waals surface area contributed by atoms with E-state index >= 15 is 0 Å². The van der Waals surface area contributed by atoms with E-state index in [0.29, 0.717) is 4.34 Å². The monoisotopic (exact) mass is 408 g/mol. The van der Waals surface area contributed by atoms with Gasteiger partial charge in [-0.25, -0.2) is 9.78 Å². The molecule has 0 amide bonds. The van der Waals surface area contributed by atoms with Gasteiger partial charge in [0.1, 0.15) is 6.61 Å². The van der Waals surface area contributed by atoms with Gasteiger partial charge in [0.2, 0.25) is 5.78 Å². The van der Waals surface area contributed by atoms with Crippen molar-refractivity contribution in [3.63, 3.8) is 0 Å². The van der Waals surface area contributed by atoms with Gasteiger partial charge in [0.25, 0.3) is 0 Å². The Morgan fingerprint density at radius 3 is 2.89 bits per heavy atom. The number of thiazole rings is 1. The number of ether oxygens (including phenoxy) is 2. The average molecular weight is 408 g/mol. The van der Waals surface area contributed by atoms with Crippen LogP contribution in [0.1, 0.15) is 18.9 Å². The first-order valence-corrected chi connectivity index (χ1v) is 9.72. The lowest BCUT2D eigenvalue weighted by Crippen LogP contribution is -2.19. The van der Waals surface area contributed by atoms with Crippen LogP contribution < -0.4 is 0 Å². The van der Waals surface area contributed by atoms with E-state index in [9.17, 15) is 14.4 Å². The number of benzene rings is 1. The molecule has 1 aromatic heterocycles. The summed E-state index contributed by atoms with van der Waals surface area (Å²) >= 11 is 2.56. The van der Waals surface area contributed by atoms with Crippen LogP contribution in [0.3, 0.4) is 0 Å². The van der Waals surface area contributed by atoms with Crippen molar-refractivity contribution < 1.29 is 23.9 Å². The van der Waals surface area contributed by atoms with Crippen LogP contribution in [-0.4, -0.2) is 41.6 Å². The second kappa shape index (κ2) is 10.5. The number of ketones is 1. The first kappa shape index (κ1) is 20.7. The fourth-order valence-electron chi connectivity index (χ4n) is 1.92. The molecule has 11 heteroatoms. The number of thioether (sulfide) groups is 1. The molecular weight excluding hydrogens is 392 g/mol. The standard InChI is InChI=1S/C16H16N4O5S2/c1-2-24-15(23)12(21)9-26-16-19-11-4-3-10(7-13(11)27-16)8-25-14(22)5-6-18-20-17/h3-4,7H,2,5-6,8-9H2,1H3. The summed E-state index contributed by atoms with van der Waals surface area (Å²) in [6.45, 7) is 1.97. The van der Waals surface area contributed by atoms with Crippen molar-refractivity contribution in [2.75, 3.05) is 18.9 Å². The van der Waals surface area contributed by atoms with Gasteiger partial charge in [-0.1, -0.05) is 22.9 Å². The van der Waals surface area contributed by atoms with Crippen LogP contribution in [0.4, 0.5) is 0 Å². The molecule has 27 heavy (non-hydrogen) atoms. The van der Waals surface area contributed by atoms with E-state index in [1.54, 1.807) is 19.1 Å². The van der Waals surface area contributed by atoms with Gasteiger partial charge in [-0.15, -0.1) is 11.3 Å². The van der Waals surface area contributed by atoms with Crippen LogP contribution in [0.15, 0.2) is 27.7 Å². The summed E-state index contributed by atoms with van der Waals surface area (Å²) in [5, 5.41) is 3.28. The van der Waals surface area contributed by atoms with Crippen LogP contribution in [0.5, 0.6) is 0 Å². The number of nitrogens with zero attached hydrogens (tertiary/aromatic N) is 4. The number of carbonyl (C=O) groups is 3. The SMILES string of the molecule is CCOC(=O)C(=O)CSc1nc2ccc(COC(=O)CCN=[N+]=[N-])cc2s1. The topological polar surface area (TPSA) is 131 Å². The van der Waals surface area contributed by atoms with Crippen molar-refractivity contribution in [1.29, 1.82) is 0 Å². The highest BCUT2D eigenvalue weighted by molar-refractivity contribution is 8.01. The Labute approximate surface area is 162 Å². The molecule has 0 saturated carbocycles. The summed E-state index contributed by atoms with van der Waals surface area (Å²) in [7, 11) is 0. The van der Waals surface area contributed by atoms with Crippen LogP contribution in [-0.2, 0) is 30.5 Å². The van der Waals surface area contributed by atoms with Crippen molar-refractivity contribution in [1.82, 2.24) is 4.98 Å². The minimum absolute atomic E-state index is 0.0299. The number of esters is 2. The van der Waals surface area contributed by atoms with Crippen molar-refractivity contribution in [2.24, 2.45) is 5.11 Å². The molecule has 0 radical (unpaired) electrons. The van der Waals surface area contributed by atoms with Gasteiger partial charge in [-0.3, -0.25) is 9.59 Å². The normalized spacial score (nSPS) is 10.3. The number of aromatic nitrogens is 1. The van der Waals surface area contributed by atoms with Crippen molar-refractivity contribution in [3.05, 3.63) is 34.2 Å². The summed E-state index contributed by atoms with van der Waals surface area (Å²) in [5.41, 5.74) is 9.72. The summed E-state index contributed by atoms with van der Waals surface area (Å²) in [6, 6.07) is 5.44. The third kappa shape index (κ3) is 6.55. The maximum Gasteiger partial charge on any atom is 0.375 e. The summed E-state index contributed by atoms with van der Waals surface area (Å²) in [4.78, 5) is 41.4. The Morgan fingerprint density at radius 1 is 1.33 bits per heavy atom. The molecule has 142 valence electrons. The quantitative estimate of drug-likeness (QED) is 0.147. The molecule has 9 nitrogen and oxygen atoms in total. The van der Waals surface area contributed by atoms with Gasteiger partial charge in [0, 0.05) is 11.5 Å². The smallest absolute Gasteiger partial charge is 0.375 e. The molecule has 0 atom stereocenters. The fraction of sp³-hybridized carbons (Fsp3) is 0.375. The van der Waals surface area contributed by atoms with Gasteiger partial charge in [-0.2, -0.15) is 0 Å². The average Bonchev–Trinajstić information content (AvgIpc) is 3.07. The molecule has 2 aromatic rings. The highest BCUT2D eigenvalue weighted by Gasteiger charge is 2.16. The predicted octanol–water partition coefficient (Wildman–Crippen LogP) is 3.26. The van der Waals surface area contributed by atoms with Crippen LogP contribution in [0.25, 0.3) is 20.7 Å². The minimum Gasteiger partial charge on any atom is -0.461 e. The summed E-state index contributed by atoms with van der Waals surface area (Å²) < 4.78 is 11.3. The maximum atomic E-state index is 11.6. The Balaban J connectivity index is 1.92. The molecule has 0 saturated heterocycles. The Bertz CT molecular complexity index is 892. The lowest BCUT2D eigenvalue weighted by atomic mass is 10.2. The maximum absolute atomic E-state index is 11.6. The van der Waals surface area contributed by atoms with Gasteiger partial charge >= 0.3 is 11.9 Å². The first-order chi connectivity index (χ1) is 13.0. The van der Waals surface area contributed by atoms with Gasteiger partial charge in [-0.05, 0) is 30.2 Å². The Morgan fingerprint density at radius 2 is 2.15 bits per heavy atom. The van der Waals surface area contributed by atoms with Gasteiger partial charge < -0.3 is 9.47 Å². The molecule has 1 heterocycles. The number of fused-ring (bicyclic) bond motifs is 1. The van der Waals surface area contributed by atoms with E-state index in [4.69, 9.17) is 10.3 Å². The zero-order valence-corrected chi connectivity index (χ0v) is 16.0. The van der Waals surface area contributed by atoms with Crippen molar-refractivity contribution in [3.8, 4) is 0 Å². The van der Waals surface area contributed by atoms with Gasteiger partial charge in [0.15, 0.2) is 4.34 Å². The molecule has 0 unspecified atom stereocenters. The number of hydrogen-bond donors (Lipinski definition) is 0. The van der Waals surface area contributed by atoms with Crippen LogP contribution >= 0.6 is 23.1 Å². The highest BCUT2D eigenvalue weighted by atomic mass is 32.2. The Hall–Kier alpha value is -2.62. The van der Waals surface area contributed by atoms with Crippen molar-refractivity contribution >= 4 is 51.0 Å². The number of Topliss-reactive ketones (excluding diaryl/α,β-unsaturated/α-hetero) is 1. The van der Waals surface area contributed by atoms with E-state index < -0.39 is 17.7 Å². The number of hydrogen-bond acceptors (Lipinski definition) is 9. The predicted molar refractivity (Wildman–Crippen MR) is 100 cm³/mol. The molecule has 0 aliphatic carbocycles. The number of rotatable bonds is 10. The molecule has 0 N–H and O–H groups in total. The van der Waals surface area contributed by atoms with E-state index in [1.807, 2.05) is 6.07 Å².